The number of ether oxygens (including phenoxy) is 5. The molecule has 0 aliphatic carbocycles. The Bertz CT molecular complexity index is 1610. The van der Waals surface area contributed by atoms with Crippen LogP contribution in [-0.2, 0) is 4.74 Å². The lowest BCUT2D eigenvalue weighted by atomic mass is 10.1. The van der Waals surface area contributed by atoms with E-state index in [0.717, 1.165) is 82.6 Å². The van der Waals surface area contributed by atoms with Crippen molar-refractivity contribution in [2.75, 3.05) is 71.4 Å². The number of benzene rings is 4. The van der Waals surface area contributed by atoms with E-state index in [2.05, 4.69) is 23.6 Å². The average Bonchev–Trinajstić information content (AvgIpc) is 3.92. The highest BCUT2D eigenvalue weighted by Crippen LogP contribution is 2.32. The SMILES string of the molecule is C1CCOC1.CC1(Oc2ccc(F)cc2)CCN(CCOc2ccccc2)C1.CC1(Oc2ccc(F)cc2N)CCN(CCOc2ccccc2)C1. The van der Waals surface area contributed by atoms with Gasteiger partial charge in [-0.25, -0.2) is 8.78 Å². The summed E-state index contributed by atoms with van der Waals surface area (Å²) in [5.74, 6) is 2.45. The van der Waals surface area contributed by atoms with Crippen molar-refractivity contribution in [2.45, 2.75) is 50.7 Å². The average molecular weight is 718 g/mol. The third-order valence-corrected chi connectivity index (χ3v) is 9.20. The van der Waals surface area contributed by atoms with Crippen LogP contribution in [0.2, 0.25) is 0 Å². The fraction of sp³-hybridized carbons (Fsp3) is 0.429. The quantitative estimate of drug-likeness (QED) is 0.149. The van der Waals surface area contributed by atoms with Crippen LogP contribution in [0.4, 0.5) is 14.5 Å². The van der Waals surface area contributed by atoms with Gasteiger partial charge in [0.05, 0.1) is 5.69 Å². The van der Waals surface area contributed by atoms with E-state index < -0.39 is 0 Å². The van der Waals surface area contributed by atoms with Gasteiger partial charge in [-0.2, -0.15) is 0 Å². The first-order valence-electron chi connectivity index (χ1n) is 18.2. The monoisotopic (exact) mass is 717 g/mol. The molecular formula is C42H53F2N3O5. The molecule has 0 bridgehead atoms. The Morgan fingerprint density at radius 2 is 1.13 bits per heavy atom. The molecule has 7 rings (SSSR count). The van der Waals surface area contributed by atoms with Gasteiger partial charge in [-0.05, 0) is 87.4 Å². The minimum Gasteiger partial charge on any atom is -0.492 e. The Hall–Kier alpha value is -4.38. The fourth-order valence-corrected chi connectivity index (χ4v) is 6.39. The minimum absolute atomic E-state index is 0.232. The van der Waals surface area contributed by atoms with Crippen LogP contribution in [0.3, 0.4) is 0 Å². The Kier molecular flexibility index (Phi) is 14.5. The number of rotatable bonds is 12. The zero-order valence-electron chi connectivity index (χ0n) is 30.5. The van der Waals surface area contributed by atoms with Gasteiger partial charge in [0, 0.05) is 71.4 Å². The van der Waals surface area contributed by atoms with E-state index in [1.54, 1.807) is 18.2 Å². The lowest BCUT2D eigenvalue weighted by molar-refractivity contribution is 0.0932. The van der Waals surface area contributed by atoms with Crippen LogP contribution < -0.4 is 24.7 Å². The normalized spacial score (nSPS) is 21.4. The van der Waals surface area contributed by atoms with Crippen molar-refractivity contribution < 1.29 is 32.5 Å². The Morgan fingerprint density at radius 3 is 1.62 bits per heavy atom. The zero-order valence-corrected chi connectivity index (χ0v) is 30.5. The molecule has 52 heavy (non-hydrogen) atoms. The summed E-state index contributed by atoms with van der Waals surface area (Å²) in [4.78, 5) is 4.65. The van der Waals surface area contributed by atoms with Crippen molar-refractivity contribution in [2.24, 2.45) is 0 Å². The van der Waals surface area contributed by atoms with Gasteiger partial charge in [-0.3, -0.25) is 9.80 Å². The summed E-state index contributed by atoms with van der Waals surface area (Å²) in [6, 6.07) is 30.1. The molecule has 3 aliphatic rings. The van der Waals surface area contributed by atoms with Gasteiger partial charge in [0.1, 0.15) is 59.0 Å². The summed E-state index contributed by atoms with van der Waals surface area (Å²) in [6.45, 7) is 12.7. The molecule has 0 radical (unpaired) electrons. The predicted octanol–water partition coefficient (Wildman–Crippen LogP) is 7.87. The summed E-state index contributed by atoms with van der Waals surface area (Å²) < 4.78 is 54.7. The first kappa shape index (κ1) is 38.8. The molecule has 2 atom stereocenters. The Balaban J connectivity index is 0.000000177. The lowest BCUT2D eigenvalue weighted by Crippen LogP contribution is -2.37. The third-order valence-electron chi connectivity index (χ3n) is 9.20. The number of hydrogen-bond donors (Lipinski definition) is 1. The summed E-state index contributed by atoms with van der Waals surface area (Å²) in [5, 5.41) is 0. The Morgan fingerprint density at radius 1 is 0.635 bits per heavy atom. The van der Waals surface area contributed by atoms with Gasteiger partial charge in [0.25, 0.3) is 0 Å². The Labute approximate surface area is 307 Å². The summed E-state index contributed by atoms with van der Waals surface area (Å²) in [5.41, 5.74) is 5.62. The van der Waals surface area contributed by atoms with Crippen LogP contribution in [-0.4, -0.2) is 86.7 Å². The van der Waals surface area contributed by atoms with E-state index in [4.69, 9.17) is 29.4 Å². The molecular weight excluding hydrogens is 664 g/mol. The maximum Gasteiger partial charge on any atom is 0.143 e. The van der Waals surface area contributed by atoms with Crippen LogP contribution in [0.25, 0.3) is 0 Å². The van der Waals surface area contributed by atoms with E-state index in [1.165, 1.54) is 37.1 Å². The largest absolute Gasteiger partial charge is 0.492 e. The molecule has 3 heterocycles. The fourth-order valence-electron chi connectivity index (χ4n) is 6.39. The van der Waals surface area contributed by atoms with E-state index in [0.29, 0.717) is 24.7 Å². The minimum atomic E-state index is -0.351. The summed E-state index contributed by atoms with van der Waals surface area (Å²) in [7, 11) is 0. The molecule has 10 heteroatoms. The zero-order chi connectivity index (χ0) is 36.7. The number of hydrogen-bond acceptors (Lipinski definition) is 8. The van der Waals surface area contributed by atoms with Crippen molar-refractivity contribution >= 4 is 5.69 Å². The molecule has 3 saturated heterocycles. The van der Waals surface area contributed by atoms with E-state index in [9.17, 15) is 8.78 Å². The van der Waals surface area contributed by atoms with Crippen LogP contribution in [0.1, 0.15) is 39.5 Å². The first-order valence-corrected chi connectivity index (χ1v) is 18.2. The standard InChI is InChI=1S/C19H23FN2O2.C19H22FNO2.C4H8O/c1-19(24-18-8-7-15(20)13-17(18)21)9-10-22(14-19)11-12-23-16-5-3-2-4-6-16;1-19(23-18-9-7-16(20)8-10-18)11-12-21(15-19)13-14-22-17-5-3-2-4-6-17;1-2-4-5-3-1/h2-8,13H,9-12,14,21H2,1H3;2-10H,11-15H2,1H3;1-4H2. The van der Waals surface area contributed by atoms with Gasteiger partial charge in [0.2, 0.25) is 0 Å². The summed E-state index contributed by atoms with van der Waals surface area (Å²) >= 11 is 0. The molecule has 0 spiro atoms. The van der Waals surface area contributed by atoms with Crippen LogP contribution in [0.15, 0.2) is 103 Å². The second kappa shape index (κ2) is 19.5. The molecule has 0 aromatic heterocycles. The van der Waals surface area contributed by atoms with Crippen molar-refractivity contribution in [3.05, 3.63) is 115 Å². The molecule has 4 aromatic rings. The van der Waals surface area contributed by atoms with Crippen molar-refractivity contribution in [3.8, 4) is 23.0 Å². The number of nitrogens with zero attached hydrogens (tertiary/aromatic N) is 2. The highest BCUT2D eigenvalue weighted by Gasteiger charge is 2.37. The van der Waals surface area contributed by atoms with Crippen LogP contribution in [0, 0.1) is 11.6 Å². The molecule has 3 fully saturated rings. The second-order valence-corrected chi connectivity index (χ2v) is 13.9. The number of para-hydroxylation sites is 2. The number of anilines is 1. The van der Waals surface area contributed by atoms with Gasteiger partial charge < -0.3 is 29.4 Å². The van der Waals surface area contributed by atoms with E-state index in [-0.39, 0.29) is 22.8 Å². The second-order valence-electron chi connectivity index (χ2n) is 13.9. The topological polar surface area (TPSA) is 78.7 Å². The third kappa shape index (κ3) is 13.0. The van der Waals surface area contributed by atoms with Crippen LogP contribution in [0.5, 0.6) is 23.0 Å². The number of likely N-dealkylation sites (tertiary alicyclic amines) is 2. The molecule has 4 aromatic carbocycles. The maximum atomic E-state index is 13.1. The van der Waals surface area contributed by atoms with Gasteiger partial charge in [-0.1, -0.05) is 36.4 Å². The smallest absolute Gasteiger partial charge is 0.143 e. The molecule has 0 amide bonds. The number of nitrogens with two attached hydrogens (primary N) is 1. The van der Waals surface area contributed by atoms with Gasteiger partial charge >= 0.3 is 0 Å². The first-order chi connectivity index (χ1) is 25.2. The van der Waals surface area contributed by atoms with Crippen molar-refractivity contribution in [3.63, 3.8) is 0 Å². The van der Waals surface area contributed by atoms with Crippen molar-refractivity contribution in [1.29, 1.82) is 0 Å². The van der Waals surface area contributed by atoms with Gasteiger partial charge in [-0.15, -0.1) is 0 Å². The highest BCUT2D eigenvalue weighted by molar-refractivity contribution is 5.52. The van der Waals surface area contributed by atoms with E-state index >= 15 is 0 Å². The van der Waals surface area contributed by atoms with Gasteiger partial charge in [0.15, 0.2) is 0 Å². The molecule has 3 aliphatic heterocycles. The highest BCUT2D eigenvalue weighted by atomic mass is 19.1. The predicted molar refractivity (Wildman–Crippen MR) is 201 cm³/mol. The lowest BCUT2D eigenvalue weighted by Gasteiger charge is -2.27. The molecule has 280 valence electrons. The molecule has 2 unspecified atom stereocenters. The van der Waals surface area contributed by atoms with Crippen LogP contribution >= 0.6 is 0 Å². The molecule has 0 saturated carbocycles. The maximum absolute atomic E-state index is 13.1. The molecule has 2 N–H and O–H groups in total. The van der Waals surface area contributed by atoms with E-state index in [1.807, 2.05) is 60.7 Å². The molecule has 8 nitrogen and oxygen atoms in total. The van der Waals surface area contributed by atoms with Crippen molar-refractivity contribution in [1.82, 2.24) is 9.80 Å². The summed E-state index contributed by atoms with van der Waals surface area (Å²) in [6.07, 6.45) is 4.41. The number of halogens is 2. The number of nitrogen functional groups attached to an aromatic ring is 1.